The molecular formula is C17H23FN2O2. The molecule has 4 nitrogen and oxygen atoms in total. The van der Waals surface area contributed by atoms with Crippen LogP contribution in [-0.2, 0) is 9.59 Å². The van der Waals surface area contributed by atoms with Crippen molar-refractivity contribution >= 4 is 17.9 Å². The predicted octanol–water partition coefficient (Wildman–Crippen LogP) is 2.65. The number of carbonyl (C=O) groups is 2. The van der Waals surface area contributed by atoms with Crippen LogP contribution in [0, 0.1) is 5.82 Å². The minimum atomic E-state index is -0.316. The lowest BCUT2D eigenvalue weighted by Crippen LogP contribution is -2.39. The van der Waals surface area contributed by atoms with Gasteiger partial charge in [0.05, 0.1) is 0 Å². The van der Waals surface area contributed by atoms with Gasteiger partial charge in [-0.05, 0) is 51.5 Å². The molecule has 0 bridgehead atoms. The maximum atomic E-state index is 12.8. The topological polar surface area (TPSA) is 58.2 Å². The Morgan fingerprint density at radius 2 is 1.73 bits per heavy atom. The Balaban J connectivity index is 2.56. The van der Waals surface area contributed by atoms with E-state index in [2.05, 4.69) is 10.6 Å². The standard InChI is InChI=1S/C17H23FN2O2/c1-11(2)19-16(21)10-13(4)20-17(22)12(3)9-14-5-7-15(18)8-6-14/h5-9,11,13H,10H2,1-4H3,(H,19,21)(H,20,22)/b12-9+/t13-/m0/s1. The highest BCUT2D eigenvalue weighted by Crippen LogP contribution is 2.08. The van der Waals surface area contributed by atoms with Gasteiger partial charge in [-0.25, -0.2) is 4.39 Å². The van der Waals surface area contributed by atoms with Crippen LogP contribution in [0.5, 0.6) is 0 Å². The van der Waals surface area contributed by atoms with Gasteiger partial charge in [-0.1, -0.05) is 12.1 Å². The SMILES string of the molecule is C/C(=C\c1ccc(F)cc1)C(=O)N[C@@H](C)CC(=O)NC(C)C. The summed E-state index contributed by atoms with van der Waals surface area (Å²) in [7, 11) is 0. The van der Waals surface area contributed by atoms with Crippen LogP contribution in [0.25, 0.3) is 6.08 Å². The van der Waals surface area contributed by atoms with E-state index >= 15 is 0 Å². The zero-order chi connectivity index (χ0) is 16.7. The average Bonchev–Trinajstić information content (AvgIpc) is 2.39. The molecule has 1 rings (SSSR count). The molecule has 0 heterocycles. The van der Waals surface area contributed by atoms with Crippen LogP contribution in [0.3, 0.4) is 0 Å². The van der Waals surface area contributed by atoms with E-state index in [-0.39, 0.29) is 36.1 Å². The number of halogens is 1. The highest BCUT2D eigenvalue weighted by molar-refractivity contribution is 5.97. The van der Waals surface area contributed by atoms with Crippen molar-refractivity contribution in [2.75, 3.05) is 0 Å². The van der Waals surface area contributed by atoms with E-state index in [1.165, 1.54) is 12.1 Å². The monoisotopic (exact) mass is 306 g/mol. The molecule has 2 N–H and O–H groups in total. The summed E-state index contributed by atoms with van der Waals surface area (Å²) in [5.41, 5.74) is 1.25. The normalized spacial score (nSPS) is 12.9. The van der Waals surface area contributed by atoms with Gasteiger partial charge in [-0.3, -0.25) is 9.59 Å². The summed E-state index contributed by atoms with van der Waals surface area (Å²) < 4.78 is 12.8. The van der Waals surface area contributed by atoms with Crippen LogP contribution in [0.15, 0.2) is 29.8 Å². The molecule has 0 unspecified atom stereocenters. The van der Waals surface area contributed by atoms with Crippen molar-refractivity contribution in [3.8, 4) is 0 Å². The molecule has 1 aromatic carbocycles. The smallest absolute Gasteiger partial charge is 0.247 e. The second kappa shape index (κ2) is 8.32. The van der Waals surface area contributed by atoms with E-state index in [1.54, 1.807) is 32.1 Å². The average molecular weight is 306 g/mol. The summed E-state index contributed by atoms with van der Waals surface area (Å²) >= 11 is 0. The summed E-state index contributed by atoms with van der Waals surface area (Å²) in [4.78, 5) is 23.7. The zero-order valence-electron chi connectivity index (χ0n) is 13.4. The van der Waals surface area contributed by atoms with E-state index in [1.807, 2.05) is 13.8 Å². The molecule has 0 aliphatic rings. The van der Waals surface area contributed by atoms with Crippen LogP contribution < -0.4 is 10.6 Å². The summed E-state index contributed by atoms with van der Waals surface area (Å²) in [5, 5.41) is 5.55. The van der Waals surface area contributed by atoms with Crippen molar-refractivity contribution in [2.24, 2.45) is 0 Å². The number of carbonyl (C=O) groups excluding carboxylic acids is 2. The maximum absolute atomic E-state index is 12.8. The van der Waals surface area contributed by atoms with E-state index in [9.17, 15) is 14.0 Å². The third-order valence-corrected chi connectivity index (χ3v) is 2.93. The largest absolute Gasteiger partial charge is 0.354 e. The Labute approximate surface area is 130 Å². The fraction of sp³-hybridized carbons (Fsp3) is 0.412. The molecule has 2 amide bonds. The first-order valence-corrected chi connectivity index (χ1v) is 7.32. The van der Waals surface area contributed by atoms with Crippen molar-refractivity contribution in [2.45, 2.75) is 46.2 Å². The first-order chi connectivity index (χ1) is 10.3. The Kier molecular flexibility index (Phi) is 6.76. The summed E-state index contributed by atoms with van der Waals surface area (Å²) in [6, 6.07) is 5.71. The number of amides is 2. The first-order valence-electron chi connectivity index (χ1n) is 7.32. The number of nitrogens with one attached hydrogen (secondary N) is 2. The maximum Gasteiger partial charge on any atom is 0.247 e. The molecule has 0 aromatic heterocycles. The van der Waals surface area contributed by atoms with Gasteiger partial charge in [-0.2, -0.15) is 0 Å². The quantitative estimate of drug-likeness (QED) is 0.794. The lowest BCUT2D eigenvalue weighted by molar-refractivity contribution is -0.122. The van der Waals surface area contributed by atoms with Gasteiger partial charge in [0.25, 0.3) is 0 Å². The van der Waals surface area contributed by atoms with Crippen molar-refractivity contribution in [3.63, 3.8) is 0 Å². The molecule has 0 spiro atoms. The molecular weight excluding hydrogens is 283 g/mol. The van der Waals surface area contributed by atoms with Crippen molar-refractivity contribution < 1.29 is 14.0 Å². The zero-order valence-corrected chi connectivity index (χ0v) is 13.4. The molecule has 1 aromatic rings. The molecule has 120 valence electrons. The fourth-order valence-corrected chi connectivity index (χ4v) is 1.92. The lowest BCUT2D eigenvalue weighted by atomic mass is 10.1. The molecule has 0 radical (unpaired) electrons. The van der Waals surface area contributed by atoms with E-state index in [0.717, 1.165) is 5.56 Å². The first kappa shape index (κ1) is 17.9. The van der Waals surface area contributed by atoms with Gasteiger partial charge < -0.3 is 10.6 Å². The summed E-state index contributed by atoms with van der Waals surface area (Å²) in [5.74, 6) is -0.652. The fourth-order valence-electron chi connectivity index (χ4n) is 1.92. The minimum Gasteiger partial charge on any atom is -0.354 e. The van der Waals surface area contributed by atoms with Crippen LogP contribution >= 0.6 is 0 Å². The Hall–Kier alpha value is -2.17. The molecule has 0 saturated heterocycles. The molecule has 1 atom stereocenters. The van der Waals surface area contributed by atoms with Crippen molar-refractivity contribution in [1.29, 1.82) is 0 Å². The Morgan fingerprint density at radius 1 is 1.14 bits per heavy atom. The van der Waals surface area contributed by atoms with Gasteiger partial charge in [-0.15, -0.1) is 0 Å². The van der Waals surface area contributed by atoms with Crippen LogP contribution in [-0.4, -0.2) is 23.9 Å². The third kappa shape index (κ3) is 6.52. The highest BCUT2D eigenvalue weighted by Gasteiger charge is 2.13. The van der Waals surface area contributed by atoms with Crippen LogP contribution in [0.2, 0.25) is 0 Å². The van der Waals surface area contributed by atoms with Gasteiger partial charge in [0.15, 0.2) is 0 Å². The van der Waals surface area contributed by atoms with Crippen molar-refractivity contribution in [1.82, 2.24) is 10.6 Å². The number of rotatable bonds is 6. The predicted molar refractivity (Wildman–Crippen MR) is 85.6 cm³/mol. The third-order valence-electron chi connectivity index (χ3n) is 2.93. The van der Waals surface area contributed by atoms with Gasteiger partial charge in [0, 0.05) is 24.1 Å². The molecule has 0 aliphatic carbocycles. The molecule has 22 heavy (non-hydrogen) atoms. The number of benzene rings is 1. The van der Waals surface area contributed by atoms with Crippen LogP contribution in [0.1, 0.15) is 39.7 Å². The Bertz CT molecular complexity index is 550. The summed E-state index contributed by atoms with van der Waals surface area (Å²) in [6.45, 7) is 7.23. The van der Waals surface area contributed by atoms with Gasteiger partial charge in [0.2, 0.25) is 11.8 Å². The Morgan fingerprint density at radius 3 is 2.27 bits per heavy atom. The molecule has 0 aliphatic heterocycles. The highest BCUT2D eigenvalue weighted by atomic mass is 19.1. The second-order valence-corrected chi connectivity index (χ2v) is 5.68. The number of hydrogen-bond donors (Lipinski definition) is 2. The lowest BCUT2D eigenvalue weighted by Gasteiger charge is -2.15. The molecule has 5 heteroatoms. The second-order valence-electron chi connectivity index (χ2n) is 5.68. The van der Waals surface area contributed by atoms with Gasteiger partial charge in [0.1, 0.15) is 5.82 Å². The molecule has 0 saturated carbocycles. The van der Waals surface area contributed by atoms with E-state index in [4.69, 9.17) is 0 Å². The van der Waals surface area contributed by atoms with E-state index < -0.39 is 0 Å². The summed E-state index contributed by atoms with van der Waals surface area (Å²) in [6.07, 6.45) is 1.91. The number of hydrogen-bond acceptors (Lipinski definition) is 2. The van der Waals surface area contributed by atoms with Crippen LogP contribution in [0.4, 0.5) is 4.39 Å². The van der Waals surface area contributed by atoms with Gasteiger partial charge >= 0.3 is 0 Å². The van der Waals surface area contributed by atoms with Crippen molar-refractivity contribution in [3.05, 3.63) is 41.2 Å². The minimum absolute atomic E-state index is 0.0792. The molecule has 0 fully saturated rings. The van der Waals surface area contributed by atoms with E-state index in [0.29, 0.717) is 5.57 Å².